The zero-order chi connectivity index (χ0) is 11.1. The third-order valence-electron chi connectivity index (χ3n) is 2.71. The van der Waals surface area contributed by atoms with Crippen LogP contribution in [-0.2, 0) is 11.3 Å². The van der Waals surface area contributed by atoms with Gasteiger partial charge in [0.2, 0.25) is 11.9 Å². The maximum Gasteiger partial charge on any atom is 0.242 e. The topological polar surface area (TPSA) is 85.8 Å². The second-order valence-electron chi connectivity index (χ2n) is 4.61. The highest BCUT2D eigenvalue weighted by molar-refractivity contribution is 5.76. The summed E-state index contributed by atoms with van der Waals surface area (Å²) in [6.45, 7) is 4.44. The van der Waals surface area contributed by atoms with Crippen molar-refractivity contribution in [2.75, 3.05) is 5.73 Å². The molecule has 1 aliphatic rings. The van der Waals surface area contributed by atoms with Crippen molar-refractivity contribution in [3.05, 3.63) is 6.33 Å². The van der Waals surface area contributed by atoms with Crippen LogP contribution < -0.4 is 11.1 Å². The lowest BCUT2D eigenvalue weighted by Gasteiger charge is -2.06. The second kappa shape index (κ2) is 3.22. The van der Waals surface area contributed by atoms with E-state index < -0.39 is 0 Å². The molecule has 0 aromatic carbocycles. The van der Waals surface area contributed by atoms with E-state index in [1.54, 1.807) is 0 Å². The van der Waals surface area contributed by atoms with Gasteiger partial charge in [-0.2, -0.15) is 0 Å². The van der Waals surface area contributed by atoms with E-state index in [-0.39, 0.29) is 23.8 Å². The zero-order valence-electron chi connectivity index (χ0n) is 8.90. The Morgan fingerprint density at radius 2 is 2.47 bits per heavy atom. The number of amides is 1. The van der Waals surface area contributed by atoms with Gasteiger partial charge in [0, 0.05) is 6.04 Å². The summed E-state index contributed by atoms with van der Waals surface area (Å²) in [7, 11) is 0. The number of carbonyl (C=O) groups excluding carboxylic acids is 1. The summed E-state index contributed by atoms with van der Waals surface area (Å²) in [6, 6.07) is 0.297. The predicted molar refractivity (Wildman–Crippen MR) is 54.8 cm³/mol. The third kappa shape index (κ3) is 2.26. The zero-order valence-corrected chi connectivity index (χ0v) is 8.90. The Hall–Kier alpha value is -1.59. The smallest absolute Gasteiger partial charge is 0.242 e. The first kappa shape index (κ1) is 9.95. The molecule has 1 aromatic heterocycles. The van der Waals surface area contributed by atoms with Crippen molar-refractivity contribution in [3.63, 3.8) is 0 Å². The SMILES string of the molecule is CC1(C)CC1NC(=O)Cn1cnc(N)n1. The Morgan fingerprint density at radius 3 is 2.93 bits per heavy atom. The quantitative estimate of drug-likeness (QED) is 0.720. The van der Waals surface area contributed by atoms with Crippen LogP contribution in [0.25, 0.3) is 0 Å². The lowest BCUT2D eigenvalue weighted by atomic mass is 10.2. The summed E-state index contributed by atoms with van der Waals surface area (Å²) in [6.07, 6.45) is 2.49. The fraction of sp³-hybridized carbons (Fsp3) is 0.667. The van der Waals surface area contributed by atoms with Crippen molar-refractivity contribution in [1.82, 2.24) is 20.1 Å². The van der Waals surface area contributed by atoms with Crippen molar-refractivity contribution < 1.29 is 4.79 Å². The van der Waals surface area contributed by atoms with Gasteiger partial charge in [0.25, 0.3) is 0 Å². The Kier molecular flexibility index (Phi) is 2.13. The molecule has 6 nitrogen and oxygen atoms in total. The molecule has 1 heterocycles. The van der Waals surface area contributed by atoms with E-state index in [0.717, 1.165) is 6.42 Å². The van der Waals surface area contributed by atoms with E-state index in [0.29, 0.717) is 6.04 Å². The summed E-state index contributed by atoms with van der Waals surface area (Å²) in [4.78, 5) is 15.3. The summed E-state index contributed by atoms with van der Waals surface area (Å²) >= 11 is 0. The van der Waals surface area contributed by atoms with Gasteiger partial charge in [-0.1, -0.05) is 13.8 Å². The van der Waals surface area contributed by atoms with Crippen molar-refractivity contribution in [2.45, 2.75) is 32.9 Å². The first-order chi connectivity index (χ1) is 6.97. The molecule has 15 heavy (non-hydrogen) atoms. The molecule has 0 saturated heterocycles. The van der Waals surface area contributed by atoms with Crippen LogP contribution in [0.15, 0.2) is 6.33 Å². The van der Waals surface area contributed by atoms with Gasteiger partial charge in [-0.15, -0.1) is 5.10 Å². The normalized spacial score (nSPS) is 22.4. The van der Waals surface area contributed by atoms with E-state index in [9.17, 15) is 4.79 Å². The van der Waals surface area contributed by atoms with Gasteiger partial charge < -0.3 is 11.1 Å². The molecule has 3 N–H and O–H groups in total. The van der Waals surface area contributed by atoms with Crippen molar-refractivity contribution in [3.8, 4) is 0 Å². The van der Waals surface area contributed by atoms with Crippen LogP contribution in [0.2, 0.25) is 0 Å². The number of nitrogens with two attached hydrogens (primary N) is 1. The molecule has 0 spiro atoms. The van der Waals surface area contributed by atoms with Gasteiger partial charge in [-0.3, -0.25) is 4.79 Å². The van der Waals surface area contributed by atoms with E-state index in [4.69, 9.17) is 5.73 Å². The van der Waals surface area contributed by atoms with Crippen LogP contribution >= 0.6 is 0 Å². The largest absolute Gasteiger partial charge is 0.367 e. The molecule has 1 atom stereocenters. The fourth-order valence-corrected chi connectivity index (χ4v) is 1.49. The molecule has 1 unspecified atom stereocenters. The Bertz CT molecular complexity index is 384. The number of hydrogen-bond acceptors (Lipinski definition) is 4. The number of nitrogen functional groups attached to an aromatic ring is 1. The molecule has 0 radical (unpaired) electrons. The van der Waals surface area contributed by atoms with Gasteiger partial charge in [0.05, 0.1) is 0 Å². The first-order valence-electron chi connectivity index (χ1n) is 4.92. The molecule has 1 amide bonds. The van der Waals surface area contributed by atoms with Gasteiger partial charge >= 0.3 is 0 Å². The number of nitrogens with zero attached hydrogens (tertiary/aromatic N) is 3. The standard InChI is InChI=1S/C9H15N5O/c1-9(2)3-6(9)12-7(15)4-14-5-11-8(10)13-14/h5-6H,3-4H2,1-2H3,(H2,10,13)(H,12,15). The van der Waals surface area contributed by atoms with Crippen LogP contribution in [0.1, 0.15) is 20.3 Å². The molecule has 82 valence electrons. The highest BCUT2D eigenvalue weighted by Gasteiger charge is 2.46. The predicted octanol–water partition coefficient (Wildman–Crippen LogP) is -0.225. The summed E-state index contributed by atoms with van der Waals surface area (Å²) in [5, 5.41) is 6.77. The summed E-state index contributed by atoms with van der Waals surface area (Å²) in [5.74, 6) is 0.144. The molecule has 1 saturated carbocycles. The van der Waals surface area contributed by atoms with E-state index in [1.807, 2.05) is 0 Å². The van der Waals surface area contributed by atoms with Gasteiger partial charge in [0.1, 0.15) is 12.9 Å². The molecular weight excluding hydrogens is 194 g/mol. The van der Waals surface area contributed by atoms with Crippen LogP contribution in [0, 0.1) is 5.41 Å². The van der Waals surface area contributed by atoms with Crippen LogP contribution in [-0.4, -0.2) is 26.7 Å². The first-order valence-corrected chi connectivity index (χ1v) is 4.92. The Morgan fingerprint density at radius 1 is 1.80 bits per heavy atom. The number of hydrogen-bond donors (Lipinski definition) is 2. The number of anilines is 1. The minimum absolute atomic E-state index is 0.0459. The lowest BCUT2D eigenvalue weighted by Crippen LogP contribution is -2.31. The van der Waals surface area contributed by atoms with Crippen LogP contribution in [0.4, 0.5) is 5.95 Å². The number of rotatable bonds is 3. The fourth-order valence-electron chi connectivity index (χ4n) is 1.49. The molecule has 1 aliphatic carbocycles. The van der Waals surface area contributed by atoms with E-state index in [2.05, 4.69) is 29.2 Å². The van der Waals surface area contributed by atoms with Gasteiger partial charge in [-0.25, -0.2) is 9.67 Å². The van der Waals surface area contributed by atoms with Crippen LogP contribution in [0.3, 0.4) is 0 Å². The van der Waals surface area contributed by atoms with Crippen LogP contribution in [0.5, 0.6) is 0 Å². The maximum atomic E-state index is 11.5. The molecule has 0 aliphatic heterocycles. The molecular formula is C9H15N5O. The number of nitrogens with one attached hydrogen (secondary N) is 1. The van der Waals surface area contributed by atoms with Crippen molar-refractivity contribution >= 4 is 11.9 Å². The third-order valence-corrected chi connectivity index (χ3v) is 2.71. The Labute approximate surface area is 87.9 Å². The minimum atomic E-state index is -0.0459. The number of carbonyl (C=O) groups is 1. The molecule has 0 bridgehead atoms. The molecule has 1 fully saturated rings. The summed E-state index contributed by atoms with van der Waals surface area (Å²) < 4.78 is 1.43. The van der Waals surface area contributed by atoms with Gasteiger partial charge in [0.15, 0.2) is 0 Å². The second-order valence-corrected chi connectivity index (χ2v) is 4.61. The van der Waals surface area contributed by atoms with E-state index >= 15 is 0 Å². The molecule has 2 rings (SSSR count). The van der Waals surface area contributed by atoms with Gasteiger partial charge in [-0.05, 0) is 11.8 Å². The minimum Gasteiger partial charge on any atom is -0.367 e. The monoisotopic (exact) mass is 209 g/mol. The molecule has 6 heteroatoms. The van der Waals surface area contributed by atoms with E-state index in [1.165, 1.54) is 11.0 Å². The average molecular weight is 209 g/mol. The van der Waals surface area contributed by atoms with Crippen molar-refractivity contribution in [1.29, 1.82) is 0 Å². The Balaban J connectivity index is 1.83. The summed E-state index contributed by atoms with van der Waals surface area (Å²) in [5.41, 5.74) is 5.58. The highest BCUT2D eigenvalue weighted by Crippen LogP contribution is 2.44. The average Bonchev–Trinajstić information content (AvgIpc) is 2.54. The lowest BCUT2D eigenvalue weighted by molar-refractivity contribution is -0.122. The molecule has 1 aromatic rings. The maximum absolute atomic E-state index is 11.5. The highest BCUT2D eigenvalue weighted by atomic mass is 16.2. The van der Waals surface area contributed by atoms with Crippen molar-refractivity contribution in [2.24, 2.45) is 5.41 Å². The number of aromatic nitrogens is 3.